The normalized spacial score (nSPS) is 5.80. The van der Waals surface area contributed by atoms with Crippen molar-refractivity contribution in [2.24, 2.45) is 0 Å². The van der Waals surface area contributed by atoms with Gasteiger partial charge in [0.1, 0.15) is 7.16 Å². The van der Waals surface area contributed by atoms with Crippen molar-refractivity contribution in [1.29, 1.82) is 0 Å². The predicted octanol–water partition coefficient (Wildman–Crippen LogP) is 1.36. The summed E-state index contributed by atoms with van der Waals surface area (Å²) in [6, 6.07) is 0. The van der Waals surface area contributed by atoms with Gasteiger partial charge in [0.05, 0.1) is 0 Å². The maximum absolute atomic E-state index is 8.93. The molecule has 0 aliphatic rings. The van der Waals surface area contributed by atoms with Crippen LogP contribution in [-0.4, -0.2) is 0 Å². The molecule has 0 heterocycles. The fraction of sp³-hybridized carbons (Fsp3) is 0. The SMILES string of the molecule is F.F.O=[PH2]Br. The first-order chi connectivity index (χ1) is 1.41. The summed E-state index contributed by atoms with van der Waals surface area (Å²) in [5, 5.41) is 0. The molecule has 0 rings (SSSR count). The molecule has 0 amide bonds. The van der Waals surface area contributed by atoms with Gasteiger partial charge in [-0.05, 0) is 15.5 Å². The van der Waals surface area contributed by atoms with Crippen LogP contribution in [0.25, 0.3) is 0 Å². The average molecular weight is 169 g/mol. The summed E-state index contributed by atoms with van der Waals surface area (Å²) in [4.78, 5) is 0. The molecule has 1 unspecified atom stereocenters. The van der Waals surface area contributed by atoms with Crippen molar-refractivity contribution in [3.63, 3.8) is 0 Å². The number of rotatable bonds is 0. The first kappa shape index (κ1) is 17.6. The molecule has 0 N–H and O–H groups in total. The molecular weight excluding hydrogens is 165 g/mol. The van der Waals surface area contributed by atoms with E-state index in [1.807, 2.05) is 0 Å². The molecule has 0 aliphatic heterocycles. The molecule has 0 saturated carbocycles. The Bertz CT molecular complexity index is 17.1. The summed E-state index contributed by atoms with van der Waals surface area (Å²) in [6.07, 6.45) is 0. The molecule has 0 aromatic rings. The van der Waals surface area contributed by atoms with E-state index in [1.165, 1.54) is 0 Å². The Morgan fingerprint density at radius 2 is 1.40 bits per heavy atom. The molecule has 36 valence electrons. The van der Waals surface area contributed by atoms with Gasteiger partial charge in [-0.3, -0.25) is 9.41 Å². The van der Waals surface area contributed by atoms with E-state index < -0.39 is 7.16 Å². The summed E-state index contributed by atoms with van der Waals surface area (Å²) in [6.45, 7) is 0. The number of hydrogen-bond donors (Lipinski definition) is 0. The largest absolute Gasteiger partial charge is 0.318 e. The Morgan fingerprint density at radius 3 is 1.40 bits per heavy atom. The molecule has 0 saturated heterocycles. The number of hydrogen-bond acceptors (Lipinski definition) is 1. The zero-order chi connectivity index (χ0) is 2.71. The van der Waals surface area contributed by atoms with Crippen molar-refractivity contribution >= 4 is 22.7 Å². The first-order valence-electron chi connectivity index (χ1n) is 0.454. The molecule has 0 aromatic carbocycles. The molecule has 0 bridgehead atoms. The third-order valence-electron chi connectivity index (χ3n) is 0. The lowest BCUT2D eigenvalue weighted by atomic mass is 16.0. The lowest BCUT2D eigenvalue weighted by molar-refractivity contribution is 0.606. The summed E-state index contributed by atoms with van der Waals surface area (Å²) < 4.78 is 8.93. The maximum Gasteiger partial charge on any atom is 0.125 e. The quantitative estimate of drug-likeness (QED) is 0.500. The van der Waals surface area contributed by atoms with Crippen molar-refractivity contribution in [3.8, 4) is 0 Å². The molecular formula is H4BrF2OP. The van der Waals surface area contributed by atoms with Crippen LogP contribution in [0.3, 0.4) is 0 Å². The minimum Gasteiger partial charge on any atom is -0.318 e. The van der Waals surface area contributed by atoms with E-state index in [4.69, 9.17) is 4.57 Å². The van der Waals surface area contributed by atoms with Gasteiger partial charge in [-0.25, -0.2) is 0 Å². The van der Waals surface area contributed by atoms with Crippen LogP contribution in [0.4, 0.5) is 9.41 Å². The number of halogens is 3. The molecule has 0 aromatic heterocycles. The zero-order valence-electron chi connectivity index (χ0n) is 2.18. The van der Waals surface area contributed by atoms with Crippen LogP contribution in [0.15, 0.2) is 0 Å². The van der Waals surface area contributed by atoms with E-state index >= 15 is 0 Å². The second kappa shape index (κ2) is 23.6. The van der Waals surface area contributed by atoms with Gasteiger partial charge in [-0.1, -0.05) is 0 Å². The van der Waals surface area contributed by atoms with Crippen molar-refractivity contribution in [2.75, 3.05) is 0 Å². The van der Waals surface area contributed by atoms with Gasteiger partial charge in [0.2, 0.25) is 0 Å². The van der Waals surface area contributed by atoms with Crippen LogP contribution >= 0.6 is 22.7 Å². The van der Waals surface area contributed by atoms with E-state index in [1.54, 1.807) is 0 Å². The van der Waals surface area contributed by atoms with Crippen LogP contribution in [-0.2, 0) is 4.57 Å². The third kappa shape index (κ3) is 92.9. The highest BCUT2D eigenvalue weighted by Crippen LogP contribution is 1.98. The Balaban J connectivity index is -0.0000000200. The molecule has 0 aliphatic carbocycles. The van der Waals surface area contributed by atoms with E-state index in [0.717, 1.165) is 0 Å². The van der Waals surface area contributed by atoms with E-state index in [9.17, 15) is 0 Å². The first-order valence-corrected chi connectivity index (χ1v) is 4.11. The summed E-state index contributed by atoms with van der Waals surface area (Å²) >= 11 is 2.67. The van der Waals surface area contributed by atoms with Gasteiger partial charge in [-0.15, -0.1) is 0 Å². The van der Waals surface area contributed by atoms with Crippen molar-refractivity contribution in [3.05, 3.63) is 0 Å². The lowest BCUT2D eigenvalue weighted by Crippen LogP contribution is -0.681. The third-order valence-corrected chi connectivity index (χ3v) is 0. The van der Waals surface area contributed by atoms with Crippen molar-refractivity contribution in [1.82, 2.24) is 0 Å². The molecule has 0 radical (unpaired) electrons. The fourth-order valence-corrected chi connectivity index (χ4v) is 0. The summed E-state index contributed by atoms with van der Waals surface area (Å²) in [5.74, 6) is 0. The molecule has 1 nitrogen and oxygen atoms in total. The Kier molecular flexibility index (Phi) is 83.2. The van der Waals surface area contributed by atoms with Gasteiger partial charge in [-0.2, -0.15) is 0 Å². The van der Waals surface area contributed by atoms with Crippen LogP contribution < -0.4 is 0 Å². The van der Waals surface area contributed by atoms with Crippen LogP contribution in [0.5, 0.6) is 0 Å². The zero-order valence-corrected chi connectivity index (χ0v) is 4.92. The lowest BCUT2D eigenvalue weighted by Gasteiger charge is -1.24. The van der Waals surface area contributed by atoms with E-state index in [-0.39, 0.29) is 9.41 Å². The molecule has 1 atom stereocenters. The standard InChI is InChI=1S/BrH2OP.2FH/c1-3-2;;/h3H2;2*1H. The van der Waals surface area contributed by atoms with Crippen LogP contribution in [0.2, 0.25) is 0 Å². The Hall–Kier alpha value is 0.570. The van der Waals surface area contributed by atoms with Gasteiger partial charge < -0.3 is 4.57 Å². The maximum atomic E-state index is 8.93. The highest BCUT2D eigenvalue weighted by molar-refractivity contribution is 9.35. The highest BCUT2D eigenvalue weighted by atomic mass is 79.9. The van der Waals surface area contributed by atoms with Crippen LogP contribution in [0.1, 0.15) is 0 Å². The topological polar surface area (TPSA) is 17.1 Å². The smallest absolute Gasteiger partial charge is 0.125 e. The summed E-state index contributed by atoms with van der Waals surface area (Å²) in [7, 11) is -0.688. The molecule has 0 spiro atoms. The monoisotopic (exact) mass is 168 g/mol. The van der Waals surface area contributed by atoms with Gasteiger partial charge in [0.15, 0.2) is 0 Å². The Labute approximate surface area is 37.4 Å². The summed E-state index contributed by atoms with van der Waals surface area (Å²) in [5.41, 5.74) is 0. The minimum absolute atomic E-state index is 0. The average Bonchev–Trinajstić information content (AvgIpc) is 0.918. The molecule has 5 heteroatoms. The van der Waals surface area contributed by atoms with E-state index in [0.29, 0.717) is 0 Å². The molecule has 5 heavy (non-hydrogen) atoms. The van der Waals surface area contributed by atoms with Gasteiger partial charge >= 0.3 is 0 Å². The second-order valence-electron chi connectivity index (χ2n) is 0.0891. The van der Waals surface area contributed by atoms with Gasteiger partial charge in [0, 0.05) is 0 Å². The molecule has 0 fully saturated rings. The minimum atomic E-state index is -0.688. The Morgan fingerprint density at radius 1 is 1.40 bits per heavy atom. The van der Waals surface area contributed by atoms with Crippen molar-refractivity contribution < 1.29 is 14.0 Å². The van der Waals surface area contributed by atoms with E-state index in [2.05, 4.69) is 15.5 Å². The fourth-order valence-electron chi connectivity index (χ4n) is 0. The highest BCUT2D eigenvalue weighted by Gasteiger charge is 1.24. The second-order valence-corrected chi connectivity index (χ2v) is 1.39. The predicted molar refractivity (Wildman–Crippen MR) is 24.3 cm³/mol. The van der Waals surface area contributed by atoms with Crippen molar-refractivity contribution in [2.45, 2.75) is 0 Å². The van der Waals surface area contributed by atoms with Crippen LogP contribution in [0, 0.1) is 0 Å². The van der Waals surface area contributed by atoms with Gasteiger partial charge in [0.25, 0.3) is 0 Å².